The molecule has 1 amide bonds. The van der Waals surface area contributed by atoms with E-state index in [9.17, 15) is 14.4 Å². The minimum absolute atomic E-state index is 0.0437. The summed E-state index contributed by atoms with van der Waals surface area (Å²) < 4.78 is 5.24. The highest BCUT2D eigenvalue weighted by Gasteiger charge is 2.18. The SMILES string of the molecule is CC(=O)c1ccc(NC(=O)[C@H](C)OC(=O)CCCc2c[nH]c3ccccc23)cc1. The fourth-order valence-electron chi connectivity index (χ4n) is 3.10. The number of amides is 1. The first-order valence-corrected chi connectivity index (χ1v) is 9.60. The Labute approximate surface area is 169 Å². The van der Waals surface area contributed by atoms with E-state index in [-0.39, 0.29) is 12.2 Å². The number of hydrogen-bond acceptors (Lipinski definition) is 4. The molecule has 2 N–H and O–H groups in total. The first kappa shape index (κ1) is 20.3. The zero-order valence-electron chi connectivity index (χ0n) is 16.5. The molecular formula is C23H24N2O4. The molecule has 0 aliphatic rings. The molecule has 2 aromatic carbocycles. The molecule has 0 aliphatic heterocycles. The smallest absolute Gasteiger partial charge is 0.306 e. The second-order valence-corrected chi connectivity index (χ2v) is 6.97. The van der Waals surface area contributed by atoms with E-state index in [0.717, 1.165) is 22.9 Å². The van der Waals surface area contributed by atoms with Crippen molar-refractivity contribution in [3.05, 3.63) is 65.9 Å². The van der Waals surface area contributed by atoms with Crippen LogP contribution in [0.25, 0.3) is 10.9 Å². The van der Waals surface area contributed by atoms with Crippen molar-refractivity contribution in [2.24, 2.45) is 0 Å². The number of aromatic nitrogens is 1. The van der Waals surface area contributed by atoms with Crippen molar-refractivity contribution >= 4 is 34.3 Å². The van der Waals surface area contributed by atoms with E-state index in [2.05, 4.69) is 16.4 Å². The zero-order valence-corrected chi connectivity index (χ0v) is 16.5. The van der Waals surface area contributed by atoms with Crippen LogP contribution in [-0.4, -0.2) is 28.7 Å². The molecule has 150 valence electrons. The van der Waals surface area contributed by atoms with Crippen LogP contribution in [0.15, 0.2) is 54.7 Å². The number of esters is 1. The maximum absolute atomic E-state index is 12.2. The summed E-state index contributed by atoms with van der Waals surface area (Å²) in [6.45, 7) is 3.02. The van der Waals surface area contributed by atoms with Gasteiger partial charge in [0, 0.05) is 34.8 Å². The summed E-state index contributed by atoms with van der Waals surface area (Å²) in [6, 6.07) is 14.6. The van der Waals surface area contributed by atoms with Crippen LogP contribution in [-0.2, 0) is 20.7 Å². The summed E-state index contributed by atoms with van der Waals surface area (Å²) in [6.07, 6.45) is 2.69. The summed E-state index contributed by atoms with van der Waals surface area (Å²) in [5, 5.41) is 3.84. The van der Waals surface area contributed by atoms with Crippen molar-refractivity contribution in [2.45, 2.75) is 39.2 Å². The predicted molar refractivity (Wildman–Crippen MR) is 112 cm³/mol. The lowest BCUT2D eigenvalue weighted by Crippen LogP contribution is -2.29. The van der Waals surface area contributed by atoms with Gasteiger partial charge in [-0.1, -0.05) is 18.2 Å². The monoisotopic (exact) mass is 392 g/mol. The molecular weight excluding hydrogens is 368 g/mol. The number of para-hydroxylation sites is 1. The second-order valence-electron chi connectivity index (χ2n) is 6.97. The van der Waals surface area contributed by atoms with Crippen molar-refractivity contribution in [1.29, 1.82) is 0 Å². The Balaban J connectivity index is 1.44. The lowest BCUT2D eigenvalue weighted by molar-refractivity contribution is -0.153. The Morgan fingerprint density at radius 2 is 1.79 bits per heavy atom. The molecule has 3 rings (SSSR count). The molecule has 0 unspecified atom stereocenters. The molecule has 1 heterocycles. The van der Waals surface area contributed by atoms with Gasteiger partial charge < -0.3 is 15.0 Å². The molecule has 0 fully saturated rings. The van der Waals surface area contributed by atoms with E-state index >= 15 is 0 Å². The molecule has 0 saturated carbocycles. The lowest BCUT2D eigenvalue weighted by Gasteiger charge is -2.13. The quantitative estimate of drug-likeness (QED) is 0.443. The van der Waals surface area contributed by atoms with Gasteiger partial charge in [0.15, 0.2) is 11.9 Å². The average molecular weight is 392 g/mol. The van der Waals surface area contributed by atoms with Crippen LogP contribution in [0.4, 0.5) is 5.69 Å². The van der Waals surface area contributed by atoms with Crippen molar-refractivity contribution in [2.75, 3.05) is 5.32 Å². The second kappa shape index (κ2) is 9.19. The van der Waals surface area contributed by atoms with Crippen molar-refractivity contribution in [1.82, 2.24) is 4.98 Å². The Bertz CT molecular complexity index is 1020. The third-order valence-electron chi connectivity index (χ3n) is 4.74. The third kappa shape index (κ3) is 5.31. The van der Waals surface area contributed by atoms with Gasteiger partial charge in [0.25, 0.3) is 5.91 Å². The number of ether oxygens (including phenoxy) is 1. The molecule has 1 aromatic heterocycles. The molecule has 3 aromatic rings. The number of aromatic amines is 1. The highest BCUT2D eigenvalue weighted by Crippen LogP contribution is 2.19. The van der Waals surface area contributed by atoms with Crippen LogP contribution in [0.3, 0.4) is 0 Å². The van der Waals surface area contributed by atoms with Crippen LogP contribution in [0.2, 0.25) is 0 Å². The van der Waals surface area contributed by atoms with Gasteiger partial charge >= 0.3 is 5.97 Å². The fraction of sp³-hybridized carbons (Fsp3) is 0.261. The number of H-pyrrole nitrogens is 1. The Kier molecular flexibility index (Phi) is 6.44. The minimum atomic E-state index is -0.900. The average Bonchev–Trinajstić information content (AvgIpc) is 3.11. The Hall–Kier alpha value is -3.41. The number of rotatable bonds is 8. The maximum Gasteiger partial charge on any atom is 0.306 e. The van der Waals surface area contributed by atoms with Crippen LogP contribution in [0.1, 0.15) is 42.6 Å². The van der Waals surface area contributed by atoms with Gasteiger partial charge in [-0.05, 0) is 62.6 Å². The number of ketones is 1. The van der Waals surface area contributed by atoms with E-state index in [4.69, 9.17) is 4.74 Å². The van der Waals surface area contributed by atoms with Crippen LogP contribution in [0, 0.1) is 0 Å². The van der Waals surface area contributed by atoms with E-state index in [0.29, 0.717) is 17.7 Å². The lowest BCUT2D eigenvalue weighted by atomic mass is 10.1. The van der Waals surface area contributed by atoms with Gasteiger partial charge in [-0.15, -0.1) is 0 Å². The molecule has 1 atom stereocenters. The topological polar surface area (TPSA) is 88.3 Å². The number of aryl methyl sites for hydroxylation is 1. The summed E-state index contributed by atoms with van der Waals surface area (Å²) in [4.78, 5) is 38.8. The van der Waals surface area contributed by atoms with Crippen LogP contribution in [0.5, 0.6) is 0 Å². The number of fused-ring (bicyclic) bond motifs is 1. The van der Waals surface area contributed by atoms with Crippen LogP contribution < -0.4 is 5.32 Å². The van der Waals surface area contributed by atoms with Gasteiger partial charge in [-0.3, -0.25) is 14.4 Å². The summed E-state index contributed by atoms with van der Waals surface area (Å²) in [5.74, 6) is -0.859. The number of carbonyl (C=O) groups excluding carboxylic acids is 3. The van der Waals surface area contributed by atoms with Gasteiger partial charge in [0.05, 0.1) is 0 Å². The molecule has 0 bridgehead atoms. The number of nitrogens with one attached hydrogen (secondary N) is 2. The Morgan fingerprint density at radius 1 is 1.07 bits per heavy atom. The molecule has 0 aliphatic carbocycles. The highest BCUT2D eigenvalue weighted by molar-refractivity contribution is 5.97. The van der Waals surface area contributed by atoms with Gasteiger partial charge in [-0.2, -0.15) is 0 Å². The molecule has 0 radical (unpaired) electrons. The van der Waals surface area contributed by atoms with Crippen molar-refractivity contribution < 1.29 is 19.1 Å². The van der Waals surface area contributed by atoms with E-state index < -0.39 is 18.0 Å². The van der Waals surface area contributed by atoms with Crippen molar-refractivity contribution in [3.63, 3.8) is 0 Å². The Morgan fingerprint density at radius 3 is 2.52 bits per heavy atom. The van der Waals surface area contributed by atoms with Gasteiger partial charge in [-0.25, -0.2) is 0 Å². The normalized spacial score (nSPS) is 11.8. The van der Waals surface area contributed by atoms with Gasteiger partial charge in [0.1, 0.15) is 0 Å². The van der Waals surface area contributed by atoms with E-state index in [1.165, 1.54) is 13.8 Å². The number of carbonyl (C=O) groups is 3. The third-order valence-corrected chi connectivity index (χ3v) is 4.74. The minimum Gasteiger partial charge on any atom is -0.453 e. The van der Waals surface area contributed by atoms with E-state index in [1.54, 1.807) is 24.3 Å². The van der Waals surface area contributed by atoms with Crippen molar-refractivity contribution in [3.8, 4) is 0 Å². The fourth-order valence-corrected chi connectivity index (χ4v) is 3.10. The largest absolute Gasteiger partial charge is 0.453 e. The molecule has 6 nitrogen and oxygen atoms in total. The first-order valence-electron chi connectivity index (χ1n) is 9.60. The molecule has 29 heavy (non-hydrogen) atoms. The molecule has 0 spiro atoms. The number of benzene rings is 2. The highest BCUT2D eigenvalue weighted by atomic mass is 16.5. The maximum atomic E-state index is 12.2. The van der Waals surface area contributed by atoms with E-state index in [1.807, 2.05) is 24.4 Å². The molecule has 0 saturated heterocycles. The first-order chi connectivity index (χ1) is 13.9. The van der Waals surface area contributed by atoms with Gasteiger partial charge in [0.2, 0.25) is 0 Å². The standard InChI is InChI=1S/C23H24N2O4/c1-15(26)17-10-12-19(13-11-17)25-23(28)16(2)29-22(27)9-5-6-18-14-24-21-8-4-3-7-20(18)21/h3-4,7-8,10-14,16,24H,5-6,9H2,1-2H3,(H,25,28)/t16-/m0/s1. The summed E-state index contributed by atoms with van der Waals surface area (Å²) in [7, 11) is 0. The number of anilines is 1. The predicted octanol–water partition coefficient (Wildman–Crippen LogP) is 4.26. The molecule has 6 heteroatoms. The summed E-state index contributed by atoms with van der Waals surface area (Å²) >= 11 is 0. The number of hydrogen-bond donors (Lipinski definition) is 2. The van der Waals surface area contributed by atoms with Crippen LogP contribution >= 0.6 is 0 Å². The number of Topliss-reactive ketones (excluding diaryl/α,β-unsaturated/α-hetero) is 1. The zero-order chi connectivity index (χ0) is 20.8. The summed E-state index contributed by atoms with van der Waals surface area (Å²) in [5.41, 5.74) is 3.35.